The lowest BCUT2D eigenvalue weighted by Crippen LogP contribution is -2.40. The number of nitriles is 1. The van der Waals surface area contributed by atoms with Crippen molar-refractivity contribution in [2.45, 2.75) is 69.7 Å². The molecule has 4 aliphatic rings. The molecule has 3 heterocycles. The van der Waals surface area contributed by atoms with Crippen molar-refractivity contribution < 1.29 is 14.6 Å². The molecule has 4 fully saturated rings. The van der Waals surface area contributed by atoms with E-state index >= 15 is 0 Å². The highest BCUT2D eigenvalue weighted by atomic mass is 32.2. The van der Waals surface area contributed by atoms with E-state index < -0.39 is 15.4 Å². The van der Waals surface area contributed by atoms with Crippen LogP contribution in [0.2, 0.25) is 0 Å². The van der Waals surface area contributed by atoms with Gasteiger partial charge in [-0.1, -0.05) is 42.7 Å². The van der Waals surface area contributed by atoms with Crippen molar-refractivity contribution in [3.63, 3.8) is 0 Å². The molecule has 2 aliphatic carbocycles. The average Bonchev–Trinajstić information content (AvgIpc) is 3.57. The number of carbonyl (C=O) groups is 1. The molecule has 0 atom stereocenters. The van der Waals surface area contributed by atoms with Crippen LogP contribution in [0.15, 0.2) is 30.5 Å². The highest BCUT2D eigenvalue weighted by Crippen LogP contribution is 2.36. The lowest BCUT2D eigenvalue weighted by atomic mass is 9.88. The number of hydrogen-bond acceptors (Lipinski definition) is 8. The summed E-state index contributed by atoms with van der Waals surface area (Å²) in [6, 6.07) is 10.6. The van der Waals surface area contributed by atoms with Crippen LogP contribution in [0, 0.1) is 17.2 Å². The summed E-state index contributed by atoms with van der Waals surface area (Å²) in [5.41, 5.74) is 1.79. The van der Waals surface area contributed by atoms with Crippen molar-refractivity contribution in [2.24, 2.45) is 5.92 Å². The minimum Gasteiger partial charge on any atom is -0.369 e. The number of carbonyl (C=O) groups excluding carboxylic acids is 1. The van der Waals surface area contributed by atoms with E-state index in [9.17, 15) is 13.2 Å². The Kier molecular flexibility index (Phi) is 8.77. The summed E-state index contributed by atoms with van der Waals surface area (Å²) in [4.78, 5) is 22.1. The van der Waals surface area contributed by atoms with Gasteiger partial charge in [0.1, 0.15) is 5.54 Å². The van der Waals surface area contributed by atoms with Gasteiger partial charge in [0, 0.05) is 45.4 Å². The molecule has 39 heavy (non-hydrogen) atoms. The molecule has 2 saturated heterocycles. The smallest absolute Gasteiger partial charge is 0.224 e. The maximum atomic E-state index is 11.8. The first-order chi connectivity index (χ1) is 18.9. The maximum absolute atomic E-state index is 11.8. The van der Waals surface area contributed by atoms with Gasteiger partial charge in [0.25, 0.3) is 0 Å². The number of rotatable bonds is 5. The fraction of sp³-hybridized carbons (Fsp3) is 0.621. The average molecular weight is 572 g/mol. The summed E-state index contributed by atoms with van der Waals surface area (Å²) in [5.74, 6) is 0.796. The number of anilines is 2. The third-order valence-corrected chi connectivity index (χ3v) is 11.0. The second-order valence-corrected chi connectivity index (χ2v) is 14.6. The zero-order valence-electron chi connectivity index (χ0n) is 22.6. The third kappa shape index (κ3) is 7.31. The fourth-order valence-electron chi connectivity index (χ4n) is 5.53. The minimum atomic E-state index is -2.84. The summed E-state index contributed by atoms with van der Waals surface area (Å²) in [6.07, 6.45) is 13.1. The molecular formula is C29H41N5O3S2. The molecule has 0 unspecified atom stereocenters. The molecule has 1 aromatic carbocycles. The van der Waals surface area contributed by atoms with Crippen LogP contribution in [0.25, 0.3) is 10.4 Å². The second-order valence-electron chi connectivity index (χ2n) is 11.3. The molecule has 6 rings (SSSR count). The number of piperidine rings is 1. The molecule has 2 saturated carbocycles. The monoisotopic (exact) mass is 571 g/mol. The van der Waals surface area contributed by atoms with Crippen LogP contribution < -0.4 is 15.1 Å². The third-order valence-electron chi connectivity index (χ3n) is 8.28. The zero-order valence-corrected chi connectivity index (χ0v) is 24.2. The van der Waals surface area contributed by atoms with Crippen molar-refractivity contribution >= 4 is 37.9 Å². The maximum Gasteiger partial charge on any atom is 0.224 e. The van der Waals surface area contributed by atoms with Gasteiger partial charge < -0.3 is 15.1 Å². The van der Waals surface area contributed by atoms with Gasteiger partial charge in [-0.2, -0.15) is 5.26 Å². The summed E-state index contributed by atoms with van der Waals surface area (Å²) in [7, 11) is -2.84. The molecular weight excluding hydrogens is 530 g/mol. The number of nitrogens with one attached hydrogen (secondary N) is 1. The largest absolute Gasteiger partial charge is 0.369 e. The number of amides is 1. The Bertz CT molecular complexity index is 1260. The highest BCUT2D eigenvalue weighted by molar-refractivity contribution is 7.91. The lowest BCUT2D eigenvalue weighted by Gasteiger charge is -2.28. The fourth-order valence-corrected chi connectivity index (χ4v) is 7.70. The zero-order chi connectivity index (χ0) is 27.3. The molecule has 212 valence electrons. The minimum absolute atomic E-state index is 0. The van der Waals surface area contributed by atoms with Crippen LogP contribution in [0.3, 0.4) is 0 Å². The van der Waals surface area contributed by atoms with Crippen LogP contribution in [-0.4, -0.2) is 62.5 Å². The van der Waals surface area contributed by atoms with Crippen molar-refractivity contribution in [3.05, 3.63) is 30.5 Å². The first-order valence-electron chi connectivity index (χ1n) is 14.4. The Morgan fingerprint density at radius 2 is 1.62 bits per heavy atom. The number of thiazole rings is 1. The van der Waals surface area contributed by atoms with Crippen LogP contribution >= 0.6 is 11.3 Å². The van der Waals surface area contributed by atoms with E-state index in [0.717, 1.165) is 62.4 Å². The summed E-state index contributed by atoms with van der Waals surface area (Å²) < 4.78 is 23.1. The molecule has 2 aliphatic heterocycles. The normalized spacial score (nSPS) is 22.2. The Morgan fingerprint density at radius 3 is 2.23 bits per heavy atom. The first-order valence-corrected chi connectivity index (χ1v) is 17.0. The predicted molar refractivity (Wildman–Crippen MR) is 159 cm³/mol. The van der Waals surface area contributed by atoms with E-state index in [4.69, 9.17) is 5.26 Å². The van der Waals surface area contributed by atoms with E-state index in [2.05, 4.69) is 50.4 Å². The number of aromatic nitrogens is 1. The lowest BCUT2D eigenvalue weighted by molar-refractivity contribution is -0.126. The summed E-state index contributed by atoms with van der Waals surface area (Å²) in [5, 5.41) is 12.9. The second kappa shape index (κ2) is 12.3. The molecule has 2 aromatic rings. The molecule has 1 aromatic heterocycles. The molecule has 0 spiro atoms. The van der Waals surface area contributed by atoms with Crippen LogP contribution in [0.5, 0.6) is 0 Å². The molecule has 1 N–H and O–H groups in total. The SMILES string of the molecule is N#CC1(NC(=O)C2CCCCC2)CC1.O=S1(=O)CCN(c2ccc(-c3cnc(N4CCCCC4)s3)cc2)CC1.[HH]. The van der Waals surface area contributed by atoms with Gasteiger partial charge in [-0.3, -0.25) is 4.79 Å². The molecule has 1 amide bonds. The first kappa shape index (κ1) is 27.9. The quantitative estimate of drug-likeness (QED) is 0.537. The number of nitrogens with zero attached hydrogens (tertiary/aromatic N) is 4. The topological polar surface area (TPSA) is 106 Å². The van der Waals surface area contributed by atoms with E-state index in [0.29, 0.717) is 13.1 Å². The van der Waals surface area contributed by atoms with Gasteiger partial charge in [0.15, 0.2) is 15.0 Å². The summed E-state index contributed by atoms with van der Waals surface area (Å²) in [6.45, 7) is 3.40. The van der Waals surface area contributed by atoms with Crippen LogP contribution in [0.1, 0.15) is 65.6 Å². The Morgan fingerprint density at radius 1 is 0.974 bits per heavy atom. The van der Waals surface area contributed by atoms with Gasteiger partial charge in [-0.25, -0.2) is 13.4 Å². The molecule has 8 nitrogen and oxygen atoms in total. The van der Waals surface area contributed by atoms with Gasteiger partial charge >= 0.3 is 0 Å². The van der Waals surface area contributed by atoms with Crippen molar-refractivity contribution in [1.82, 2.24) is 10.3 Å². The van der Waals surface area contributed by atoms with Gasteiger partial charge in [0.2, 0.25) is 5.91 Å². The van der Waals surface area contributed by atoms with E-state index in [1.807, 2.05) is 6.20 Å². The Labute approximate surface area is 237 Å². The van der Waals surface area contributed by atoms with Crippen LogP contribution in [0.4, 0.5) is 10.8 Å². The number of sulfone groups is 1. The van der Waals surface area contributed by atoms with Crippen molar-refractivity contribution in [3.8, 4) is 16.5 Å². The van der Waals surface area contributed by atoms with Gasteiger partial charge in [0.05, 0.1) is 22.5 Å². The van der Waals surface area contributed by atoms with E-state index in [1.165, 1.54) is 36.1 Å². The molecule has 0 radical (unpaired) electrons. The van der Waals surface area contributed by atoms with Crippen molar-refractivity contribution in [2.75, 3.05) is 47.5 Å². The predicted octanol–water partition coefficient (Wildman–Crippen LogP) is 5.02. The van der Waals surface area contributed by atoms with Crippen molar-refractivity contribution in [1.29, 1.82) is 5.26 Å². The molecule has 10 heteroatoms. The summed E-state index contributed by atoms with van der Waals surface area (Å²) >= 11 is 1.76. The van der Waals surface area contributed by atoms with E-state index in [-0.39, 0.29) is 24.8 Å². The Balaban J connectivity index is 0.000000210. The van der Waals surface area contributed by atoms with Gasteiger partial charge in [-0.05, 0) is 62.6 Å². The van der Waals surface area contributed by atoms with E-state index in [1.54, 1.807) is 11.3 Å². The molecule has 0 bridgehead atoms. The van der Waals surface area contributed by atoms with Crippen LogP contribution in [-0.2, 0) is 14.6 Å². The number of benzene rings is 1. The Hall–Kier alpha value is -2.64. The van der Waals surface area contributed by atoms with Gasteiger partial charge in [-0.15, -0.1) is 0 Å². The number of hydrogen-bond donors (Lipinski definition) is 1. The highest BCUT2D eigenvalue weighted by Gasteiger charge is 2.45. The standard InChI is InChI=1S/C18H23N3O2S2.C11H16N2O.H2/c22-25(23)12-10-20(11-13-25)16-6-4-15(5-7-16)17-14-19-18(24-17)21-8-2-1-3-9-21;12-8-11(6-7-11)13-10(14)9-4-2-1-3-5-9;/h4-7,14H,1-3,8-13H2;9H,1-7H2,(H,13,14);1H.